The van der Waals surface area contributed by atoms with E-state index in [0.717, 1.165) is 17.2 Å². The molecule has 2 N–H and O–H groups in total. The molecule has 0 heterocycles. The molecule has 1 saturated carbocycles. The van der Waals surface area contributed by atoms with Crippen LogP contribution in [0.1, 0.15) is 30.9 Å². The average Bonchev–Trinajstić information content (AvgIpc) is 3.19. The number of benzene rings is 1. The average molecular weight is 263 g/mol. The maximum Gasteiger partial charge on any atom is 0.122 e. The van der Waals surface area contributed by atoms with E-state index in [0.29, 0.717) is 19.2 Å². The molecule has 3 heteroatoms. The standard InChI is InChI=1S/C16H25NO2/c1-11-4-7-16(12(2)8-11)19-10-15(18)9-17-13(3)14-5-6-14/h4,7-8,13-15,17-18H,5-6,9-10H2,1-3H3. The van der Waals surface area contributed by atoms with Crippen molar-refractivity contribution >= 4 is 0 Å². The van der Waals surface area contributed by atoms with E-state index >= 15 is 0 Å². The predicted molar refractivity (Wildman–Crippen MR) is 77.6 cm³/mol. The topological polar surface area (TPSA) is 41.5 Å². The van der Waals surface area contributed by atoms with Gasteiger partial charge in [0.05, 0.1) is 0 Å². The number of aliphatic hydroxyl groups is 1. The largest absolute Gasteiger partial charge is 0.491 e. The molecule has 1 fully saturated rings. The minimum absolute atomic E-state index is 0.342. The number of hydrogen-bond acceptors (Lipinski definition) is 3. The van der Waals surface area contributed by atoms with Gasteiger partial charge in [-0.15, -0.1) is 0 Å². The van der Waals surface area contributed by atoms with Crippen molar-refractivity contribution in [2.45, 2.75) is 45.8 Å². The van der Waals surface area contributed by atoms with E-state index in [1.807, 2.05) is 19.1 Å². The van der Waals surface area contributed by atoms with Gasteiger partial charge in [0.1, 0.15) is 18.5 Å². The van der Waals surface area contributed by atoms with Crippen LogP contribution in [0.25, 0.3) is 0 Å². The van der Waals surface area contributed by atoms with Crippen LogP contribution in [0.3, 0.4) is 0 Å². The molecule has 1 aliphatic rings. The second-order valence-electron chi connectivity index (χ2n) is 5.77. The summed E-state index contributed by atoms with van der Waals surface area (Å²) in [4.78, 5) is 0. The summed E-state index contributed by atoms with van der Waals surface area (Å²) in [7, 11) is 0. The van der Waals surface area contributed by atoms with Crippen LogP contribution in [0.15, 0.2) is 18.2 Å². The SMILES string of the molecule is Cc1ccc(OCC(O)CNC(C)C2CC2)c(C)c1. The van der Waals surface area contributed by atoms with Gasteiger partial charge in [0, 0.05) is 12.6 Å². The molecular weight excluding hydrogens is 238 g/mol. The van der Waals surface area contributed by atoms with Crippen LogP contribution in [0.5, 0.6) is 5.75 Å². The number of nitrogens with one attached hydrogen (secondary N) is 1. The molecule has 2 unspecified atom stereocenters. The molecule has 1 aromatic rings. The Bertz CT molecular complexity index is 415. The van der Waals surface area contributed by atoms with Crippen LogP contribution in [-0.2, 0) is 0 Å². The lowest BCUT2D eigenvalue weighted by Crippen LogP contribution is -2.37. The molecule has 0 spiro atoms. The fraction of sp³-hybridized carbons (Fsp3) is 0.625. The maximum absolute atomic E-state index is 9.92. The third-order valence-electron chi connectivity index (χ3n) is 3.77. The lowest BCUT2D eigenvalue weighted by Gasteiger charge is -2.18. The summed E-state index contributed by atoms with van der Waals surface area (Å²) in [6.07, 6.45) is 2.19. The molecule has 2 atom stereocenters. The number of ether oxygens (including phenoxy) is 1. The molecule has 0 amide bonds. The van der Waals surface area contributed by atoms with E-state index in [1.54, 1.807) is 0 Å². The molecule has 106 valence electrons. The van der Waals surface area contributed by atoms with E-state index in [-0.39, 0.29) is 0 Å². The van der Waals surface area contributed by atoms with Gasteiger partial charge in [-0.05, 0) is 51.2 Å². The number of hydrogen-bond donors (Lipinski definition) is 2. The van der Waals surface area contributed by atoms with Crippen molar-refractivity contribution in [1.82, 2.24) is 5.32 Å². The van der Waals surface area contributed by atoms with Crippen LogP contribution in [0.4, 0.5) is 0 Å². The molecule has 0 saturated heterocycles. The van der Waals surface area contributed by atoms with Crippen LogP contribution in [0, 0.1) is 19.8 Å². The molecule has 0 radical (unpaired) electrons. The predicted octanol–water partition coefficient (Wildman–Crippen LogP) is 2.43. The van der Waals surface area contributed by atoms with Gasteiger partial charge in [-0.25, -0.2) is 0 Å². The fourth-order valence-corrected chi connectivity index (χ4v) is 2.29. The summed E-state index contributed by atoms with van der Waals surface area (Å²) in [5, 5.41) is 13.3. The first-order valence-electron chi connectivity index (χ1n) is 7.17. The first kappa shape index (κ1) is 14.4. The van der Waals surface area contributed by atoms with Gasteiger partial charge >= 0.3 is 0 Å². The summed E-state index contributed by atoms with van der Waals surface area (Å²) >= 11 is 0. The summed E-state index contributed by atoms with van der Waals surface area (Å²) in [6.45, 7) is 7.23. The Morgan fingerprint density at radius 1 is 1.37 bits per heavy atom. The molecule has 1 aromatic carbocycles. The first-order chi connectivity index (χ1) is 9.06. The van der Waals surface area contributed by atoms with Gasteiger partial charge < -0.3 is 15.2 Å². The van der Waals surface area contributed by atoms with E-state index in [4.69, 9.17) is 4.74 Å². The lowest BCUT2D eigenvalue weighted by atomic mass is 10.1. The Morgan fingerprint density at radius 3 is 2.74 bits per heavy atom. The summed E-state index contributed by atoms with van der Waals surface area (Å²) in [6, 6.07) is 6.60. The number of aryl methyl sites for hydroxylation is 2. The normalized spacial score (nSPS) is 18.1. The van der Waals surface area contributed by atoms with Crippen molar-refractivity contribution in [3.05, 3.63) is 29.3 Å². The minimum Gasteiger partial charge on any atom is -0.491 e. The van der Waals surface area contributed by atoms with Crippen LogP contribution in [-0.4, -0.2) is 30.4 Å². The number of rotatable bonds is 7. The van der Waals surface area contributed by atoms with Gasteiger partial charge in [-0.3, -0.25) is 0 Å². The first-order valence-corrected chi connectivity index (χ1v) is 7.17. The smallest absolute Gasteiger partial charge is 0.122 e. The molecule has 19 heavy (non-hydrogen) atoms. The Hall–Kier alpha value is -1.06. The minimum atomic E-state index is -0.457. The summed E-state index contributed by atoms with van der Waals surface area (Å²) < 4.78 is 5.67. The van der Waals surface area contributed by atoms with Crippen LogP contribution < -0.4 is 10.1 Å². The molecule has 1 aliphatic carbocycles. The lowest BCUT2D eigenvalue weighted by molar-refractivity contribution is 0.103. The Morgan fingerprint density at radius 2 is 2.11 bits per heavy atom. The van der Waals surface area contributed by atoms with E-state index in [2.05, 4.69) is 25.2 Å². The fourth-order valence-electron chi connectivity index (χ4n) is 2.29. The second-order valence-corrected chi connectivity index (χ2v) is 5.77. The highest BCUT2D eigenvalue weighted by atomic mass is 16.5. The quantitative estimate of drug-likeness (QED) is 0.794. The Labute approximate surface area is 116 Å². The Balaban J connectivity index is 1.71. The monoisotopic (exact) mass is 263 g/mol. The van der Waals surface area contributed by atoms with E-state index < -0.39 is 6.10 Å². The third kappa shape index (κ3) is 4.51. The van der Waals surface area contributed by atoms with Crippen molar-refractivity contribution in [2.24, 2.45) is 5.92 Å². The van der Waals surface area contributed by atoms with Crippen molar-refractivity contribution in [3.8, 4) is 5.75 Å². The molecular formula is C16H25NO2. The zero-order valence-corrected chi connectivity index (χ0v) is 12.1. The van der Waals surface area contributed by atoms with Gasteiger partial charge in [-0.1, -0.05) is 17.7 Å². The van der Waals surface area contributed by atoms with Gasteiger partial charge in [0.15, 0.2) is 0 Å². The highest BCUT2D eigenvalue weighted by Gasteiger charge is 2.27. The van der Waals surface area contributed by atoms with Crippen molar-refractivity contribution in [3.63, 3.8) is 0 Å². The zero-order chi connectivity index (χ0) is 13.8. The second kappa shape index (κ2) is 6.40. The van der Waals surface area contributed by atoms with E-state index in [9.17, 15) is 5.11 Å². The Kier molecular flexibility index (Phi) is 4.83. The zero-order valence-electron chi connectivity index (χ0n) is 12.1. The highest BCUT2D eigenvalue weighted by molar-refractivity contribution is 5.35. The van der Waals surface area contributed by atoms with Crippen molar-refractivity contribution < 1.29 is 9.84 Å². The molecule has 2 rings (SSSR count). The van der Waals surface area contributed by atoms with E-state index in [1.165, 1.54) is 18.4 Å². The molecule has 3 nitrogen and oxygen atoms in total. The maximum atomic E-state index is 9.92. The van der Waals surface area contributed by atoms with Crippen molar-refractivity contribution in [1.29, 1.82) is 0 Å². The number of aliphatic hydroxyl groups excluding tert-OH is 1. The van der Waals surface area contributed by atoms with Crippen molar-refractivity contribution in [2.75, 3.05) is 13.2 Å². The molecule has 0 aromatic heterocycles. The van der Waals surface area contributed by atoms with Crippen LogP contribution in [0.2, 0.25) is 0 Å². The summed E-state index contributed by atoms with van der Waals surface area (Å²) in [5.41, 5.74) is 2.34. The molecule has 0 aliphatic heterocycles. The van der Waals surface area contributed by atoms with Gasteiger partial charge in [-0.2, -0.15) is 0 Å². The summed E-state index contributed by atoms with van der Waals surface area (Å²) in [5.74, 6) is 1.67. The molecule has 0 bridgehead atoms. The highest BCUT2D eigenvalue weighted by Crippen LogP contribution is 2.32. The van der Waals surface area contributed by atoms with Gasteiger partial charge in [0.2, 0.25) is 0 Å². The van der Waals surface area contributed by atoms with Crippen LogP contribution >= 0.6 is 0 Å². The third-order valence-corrected chi connectivity index (χ3v) is 3.77. The van der Waals surface area contributed by atoms with Gasteiger partial charge in [0.25, 0.3) is 0 Å².